The van der Waals surface area contributed by atoms with Crippen molar-refractivity contribution in [3.8, 4) is 17.2 Å². The van der Waals surface area contributed by atoms with Crippen LogP contribution in [0, 0.1) is 0 Å². The quantitative estimate of drug-likeness (QED) is 0.773. The van der Waals surface area contributed by atoms with Crippen LogP contribution in [0.5, 0.6) is 17.2 Å². The van der Waals surface area contributed by atoms with Crippen LogP contribution in [0.2, 0.25) is 0 Å². The van der Waals surface area contributed by atoms with E-state index in [-0.39, 0.29) is 23.9 Å². The number of ether oxygens (including phenoxy) is 3. The third-order valence-corrected chi connectivity index (χ3v) is 4.62. The number of methoxy groups -OCH3 is 1. The fourth-order valence-corrected chi connectivity index (χ4v) is 3.28. The number of carbonyl (C=O) groups is 2. The van der Waals surface area contributed by atoms with Crippen LogP contribution >= 0.6 is 11.6 Å². The molecule has 0 unspecified atom stereocenters. The van der Waals surface area contributed by atoms with E-state index in [0.29, 0.717) is 22.8 Å². The van der Waals surface area contributed by atoms with Gasteiger partial charge in [0.05, 0.1) is 19.2 Å². The number of imide groups is 1. The van der Waals surface area contributed by atoms with Gasteiger partial charge in [-0.3, -0.25) is 14.5 Å². The molecule has 2 aliphatic heterocycles. The topological polar surface area (TPSA) is 65.1 Å². The lowest BCUT2D eigenvalue weighted by Crippen LogP contribution is -2.30. The van der Waals surface area contributed by atoms with Gasteiger partial charge >= 0.3 is 0 Å². The Kier molecular flexibility index (Phi) is 4.05. The maximum absolute atomic E-state index is 12.9. The summed E-state index contributed by atoms with van der Waals surface area (Å²) in [5.74, 6) is 0.716. The highest BCUT2D eigenvalue weighted by Gasteiger charge is 2.39. The number of para-hydroxylation sites is 1. The second kappa shape index (κ2) is 6.38. The van der Waals surface area contributed by atoms with Gasteiger partial charge in [-0.05, 0) is 23.8 Å². The van der Waals surface area contributed by atoms with Crippen molar-refractivity contribution in [1.82, 2.24) is 4.90 Å². The Labute approximate surface area is 154 Å². The van der Waals surface area contributed by atoms with E-state index in [2.05, 4.69) is 0 Å². The number of hydrogen-bond donors (Lipinski definition) is 0. The molecule has 2 aliphatic rings. The monoisotopic (exact) mass is 371 g/mol. The molecule has 0 atom stereocenters. The average molecular weight is 372 g/mol. The summed E-state index contributed by atoms with van der Waals surface area (Å²) in [6.07, 6.45) is 0. The molecule has 0 fully saturated rings. The molecule has 26 heavy (non-hydrogen) atoms. The third kappa shape index (κ3) is 2.59. The molecule has 4 rings (SSSR count). The number of carbonyl (C=O) groups excluding carboxylic acids is 2. The fraction of sp³-hybridized carbons (Fsp3) is 0.158. The lowest BCUT2D eigenvalue weighted by Gasteiger charge is -2.15. The van der Waals surface area contributed by atoms with Crippen LogP contribution in [0.4, 0.5) is 0 Å². The largest absolute Gasteiger partial charge is 0.496 e. The van der Waals surface area contributed by atoms with E-state index < -0.39 is 11.8 Å². The molecule has 2 aromatic rings. The molecular weight excluding hydrogens is 358 g/mol. The second-order valence-electron chi connectivity index (χ2n) is 5.77. The van der Waals surface area contributed by atoms with E-state index in [0.717, 1.165) is 10.5 Å². The average Bonchev–Trinajstić information content (AvgIpc) is 3.20. The smallest absolute Gasteiger partial charge is 0.273 e. The zero-order valence-corrected chi connectivity index (χ0v) is 14.6. The van der Waals surface area contributed by atoms with E-state index in [9.17, 15) is 9.59 Å². The first kappa shape index (κ1) is 16.5. The Morgan fingerprint density at radius 2 is 1.85 bits per heavy atom. The molecule has 2 aromatic carbocycles. The molecule has 2 heterocycles. The van der Waals surface area contributed by atoms with Gasteiger partial charge in [-0.15, -0.1) is 0 Å². The third-order valence-electron chi connectivity index (χ3n) is 4.27. The molecule has 132 valence electrons. The molecule has 2 amide bonds. The number of benzene rings is 2. The van der Waals surface area contributed by atoms with Gasteiger partial charge in [0.15, 0.2) is 11.5 Å². The standard InChI is InChI=1S/C19H14ClNO5/c1-24-13-5-3-2-4-12(13)16-17(20)19(23)21(18(16)22)9-11-6-7-14-15(8-11)26-10-25-14/h2-8H,9-10H2,1H3. The van der Waals surface area contributed by atoms with Crippen molar-refractivity contribution in [2.75, 3.05) is 13.9 Å². The highest BCUT2D eigenvalue weighted by atomic mass is 35.5. The van der Waals surface area contributed by atoms with Gasteiger partial charge in [0.1, 0.15) is 10.8 Å². The van der Waals surface area contributed by atoms with Crippen molar-refractivity contribution in [2.24, 2.45) is 0 Å². The van der Waals surface area contributed by atoms with Crippen LogP contribution < -0.4 is 14.2 Å². The highest BCUT2D eigenvalue weighted by Crippen LogP contribution is 2.38. The number of fused-ring (bicyclic) bond motifs is 1. The molecule has 0 aromatic heterocycles. The predicted octanol–water partition coefficient (Wildman–Crippen LogP) is 2.94. The normalized spacial score (nSPS) is 15.8. The summed E-state index contributed by atoms with van der Waals surface area (Å²) in [4.78, 5) is 26.6. The molecule has 0 saturated heterocycles. The van der Waals surface area contributed by atoms with Crippen LogP contribution in [0.3, 0.4) is 0 Å². The number of nitrogens with zero attached hydrogens (tertiary/aromatic N) is 1. The van der Waals surface area contributed by atoms with Crippen LogP contribution in [0.15, 0.2) is 47.5 Å². The summed E-state index contributed by atoms with van der Waals surface area (Å²) >= 11 is 6.21. The Morgan fingerprint density at radius 1 is 1.08 bits per heavy atom. The fourth-order valence-electron chi connectivity index (χ4n) is 3.00. The van der Waals surface area contributed by atoms with Gasteiger partial charge in [-0.2, -0.15) is 0 Å². The SMILES string of the molecule is COc1ccccc1C1=C(Cl)C(=O)N(Cc2ccc3c(c2)OCO3)C1=O. The molecule has 6 nitrogen and oxygen atoms in total. The summed E-state index contributed by atoms with van der Waals surface area (Å²) in [7, 11) is 1.50. The van der Waals surface area contributed by atoms with Crippen molar-refractivity contribution in [2.45, 2.75) is 6.54 Å². The number of rotatable bonds is 4. The van der Waals surface area contributed by atoms with E-state index in [1.54, 1.807) is 42.5 Å². The molecule has 0 aliphatic carbocycles. The van der Waals surface area contributed by atoms with Crippen molar-refractivity contribution in [3.63, 3.8) is 0 Å². The maximum atomic E-state index is 12.9. The van der Waals surface area contributed by atoms with Crippen LogP contribution in [0.1, 0.15) is 11.1 Å². The molecule has 0 N–H and O–H groups in total. The minimum absolute atomic E-state index is 0.0865. The summed E-state index contributed by atoms with van der Waals surface area (Å²) in [5.41, 5.74) is 1.38. The first-order valence-corrected chi connectivity index (χ1v) is 8.26. The number of halogens is 1. The van der Waals surface area contributed by atoms with Gasteiger partial charge in [-0.1, -0.05) is 35.9 Å². The van der Waals surface area contributed by atoms with E-state index >= 15 is 0 Å². The summed E-state index contributed by atoms with van der Waals surface area (Å²) in [6, 6.07) is 12.2. The van der Waals surface area contributed by atoms with Crippen molar-refractivity contribution >= 4 is 29.0 Å². The Bertz CT molecular complexity index is 953. The van der Waals surface area contributed by atoms with Gasteiger partial charge in [0.2, 0.25) is 6.79 Å². The van der Waals surface area contributed by atoms with Crippen molar-refractivity contribution in [3.05, 3.63) is 58.6 Å². The first-order valence-electron chi connectivity index (χ1n) is 7.88. The van der Waals surface area contributed by atoms with Crippen LogP contribution in [0.25, 0.3) is 5.57 Å². The summed E-state index contributed by atoms with van der Waals surface area (Å²) in [5, 5.41) is -0.111. The van der Waals surface area contributed by atoms with Gasteiger partial charge in [0, 0.05) is 5.56 Å². The molecule has 0 spiro atoms. The van der Waals surface area contributed by atoms with Crippen LogP contribution in [-0.2, 0) is 16.1 Å². The minimum atomic E-state index is -0.532. The van der Waals surface area contributed by atoms with E-state index in [4.69, 9.17) is 25.8 Å². The molecule has 7 heteroatoms. The zero-order valence-electron chi connectivity index (χ0n) is 13.8. The summed E-state index contributed by atoms with van der Waals surface area (Å²) < 4.78 is 15.9. The molecular formula is C19H14ClNO5. The summed E-state index contributed by atoms with van der Waals surface area (Å²) in [6.45, 7) is 0.245. The highest BCUT2D eigenvalue weighted by molar-refractivity contribution is 6.55. The minimum Gasteiger partial charge on any atom is -0.496 e. The molecule has 0 radical (unpaired) electrons. The predicted molar refractivity (Wildman–Crippen MR) is 93.9 cm³/mol. The Balaban J connectivity index is 1.65. The van der Waals surface area contributed by atoms with E-state index in [1.807, 2.05) is 0 Å². The molecule has 0 bridgehead atoms. The Hall–Kier alpha value is -2.99. The maximum Gasteiger partial charge on any atom is 0.273 e. The number of amides is 2. The lowest BCUT2D eigenvalue weighted by molar-refractivity contribution is -0.137. The second-order valence-corrected chi connectivity index (χ2v) is 6.15. The first-order chi connectivity index (χ1) is 12.6. The zero-order chi connectivity index (χ0) is 18.3. The van der Waals surface area contributed by atoms with Gasteiger partial charge < -0.3 is 14.2 Å². The van der Waals surface area contributed by atoms with Gasteiger partial charge in [-0.25, -0.2) is 0 Å². The molecule has 0 saturated carbocycles. The van der Waals surface area contributed by atoms with E-state index in [1.165, 1.54) is 7.11 Å². The van der Waals surface area contributed by atoms with Crippen LogP contribution in [-0.4, -0.2) is 30.6 Å². The lowest BCUT2D eigenvalue weighted by atomic mass is 10.0. The number of hydrogen-bond acceptors (Lipinski definition) is 5. The van der Waals surface area contributed by atoms with Gasteiger partial charge in [0.25, 0.3) is 11.8 Å². The van der Waals surface area contributed by atoms with Crippen molar-refractivity contribution in [1.29, 1.82) is 0 Å². The van der Waals surface area contributed by atoms with Crippen molar-refractivity contribution < 1.29 is 23.8 Å². The Morgan fingerprint density at radius 3 is 2.65 bits per heavy atom.